The van der Waals surface area contributed by atoms with E-state index in [0.29, 0.717) is 0 Å². The van der Waals surface area contributed by atoms with Crippen LogP contribution < -0.4 is 5.32 Å². The first-order valence-corrected chi connectivity index (χ1v) is 5.50. The predicted octanol–water partition coefficient (Wildman–Crippen LogP) is 1.27. The van der Waals surface area contributed by atoms with Crippen molar-refractivity contribution in [1.82, 2.24) is 5.32 Å². The minimum absolute atomic E-state index is 0.0695. The lowest BCUT2D eigenvalue weighted by atomic mass is 10.1. The molecular weight excluding hydrogens is 216 g/mol. The molecule has 0 heterocycles. The molecule has 1 N–H and O–H groups in total. The molecule has 0 bridgehead atoms. The molecule has 1 unspecified atom stereocenters. The molecule has 90 valence electrons. The van der Waals surface area contributed by atoms with Crippen molar-refractivity contribution in [3.63, 3.8) is 0 Å². The van der Waals surface area contributed by atoms with Crippen LogP contribution in [0, 0.1) is 11.3 Å². The van der Waals surface area contributed by atoms with Crippen molar-refractivity contribution in [2.24, 2.45) is 0 Å². The van der Waals surface area contributed by atoms with Gasteiger partial charge < -0.3 is 10.1 Å². The second kappa shape index (κ2) is 7.42. The summed E-state index contributed by atoms with van der Waals surface area (Å²) in [6, 6.07) is 11.8. The highest BCUT2D eigenvalue weighted by atomic mass is 16.5. The Labute approximate surface area is 101 Å². The third kappa shape index (κ3) is 5.14. The molecule has 0 saturated heterocycles. The van der Waals surface area contributed by atoms with E-state index in [2.05, 4.69) is 5.32 Å². The van der Waals surface area contributed by atoms with Crippen LogP contribution in [0.15, 0.2) is 30.3 Å². The summed E-state index contributed by atoms with van der Waals surface area (Å²) < 4.78 is 4.98. The fraction of sp³-hybridized carbons (Fsp3) is 0.385. The fourth-order valence-electron chi connectivity index (χ4n) is 1.45. The molecule has 0 spiro atoms. The van der Waals surface area contributed by atoms with Gasteiger partial charge in [0.2, 0.25) is 0 Å². The van der Waals surface area contributed by atoms with Crippen LogP contribution >= 0.6 is 0 Å². The van der Waals surface area contributed by atoms with Gasteiger partial charge in [0.15, 0.2) is 0 Å². The van der Waals surface area contributed by atoms with Gasteiger partial charge in [0, 0.05) is 6.04 Å². The molecule has 1 rings (SSSR count). The quantitative estimate of drug-likeness (QED) is 0.750. The molecule has 0 aliphatic heterocycles. The summed E-state index contributed by atoms with van der Waals surface area (Å²) in [6.45, 7) is 0.284. The van der Waals surface area contributed by atoms with E-state index in [-0.39, 0.29) is 19.1 Å². The van der Waals surface area contributed by atoms with Gasteiger partial charge in [-0.15, -0.1) is 0 Å². The van der Waals surface area contributed by atoms with Gasteiger partial charge >= 0.3 is 5.97 Å². The Hall–Kier alpha value is -1.86. The minimum atomic E-state index is -0.471. The lowest BCUT2D eigenvalue weighted by Gasteiger charge is -2.15. The van der Waals surface area contributed by atoms with Crippen molar-refractivity contribution in [1.29, 1.82) is 5.26 Å². The summed E-state index contributed by atoms with van der Waals surface area (Å²) in [7, 11) is 1.83. The number of rotatable bonds is 6. The summed E-state index contributed by atoms with van der Waals surface area (Å²) in [5.41, 5.74) is 1.18. The third-order valence-corrected chi connectivity index (χ3v) is 2.40. The first-order valence-electron chi connectivity index (χ1n) is 5.50. The number of nitrogens with one attached hydrogen (secondary N) is 1. The van der Waals surface area contributed by atoms with Gasteiger partial charge in [-0.1, -0.05) is 30.3 Å². The Kier molecular flexibility index (Phi) is 5.76. The average molecular weight is 232 g/mol. The summed E-state index contributed by atoms with van der Waals surface area (Å²) in [5.74, 6) is -0.471. The maximum atomic E-state index is 11.0. The Balaban J connectivity index is 2.39. The Morgan fingerprint density at radius 1 is 1.47 bits per heavy atom. The number of benzene rings is 1. The highest BCUT2D eigenvalue weighted by Crippen LogP contribution is 2.03. The van der Waals surface area contributed by atoms with Crippen molar-refractivity contribution >= 4 is 5.97 Å². The van der Waals surface area contributed by atoms with Crippen LogP contribution in [0.5, 0.6) is 0 Å². The van der Waals surface area contributed by atoms with Crippen molar-refractivity contribution in [2.45, 2.75) is 18.9 Å². The highest BCUT2D eigenvalue weighted by Gasteiger charge is 2.10. The van der Waals surface area contributed by atoms with E-state index in [4.69, 9.17) is 10.00 Å². The predicted molar refractivity (Wildman–Crippen MR) is 64.2 cm³/mol. The van der Waals surface area contributed by atoms with Crippen LogP contribution in [0.3, 0.4) is 0 Å². The van der Waals surface area contributed by atoms with E-state index in [1.807, 2.05) is 37.4 Å². The van der Waals surface area contributed by atoms with E-state index in [1.54, 1.807) is 6.07 Å². The Morgan fingerprint density at radius 3 is 2.76 bits per heavy atom. The van der Waals surface area contributed by atoms with Gasteiger partial charge in [0.05, 0.1) is 6.07 Å². The zero-order chi connectivity index (χ0) is 12.5. The summed E-state index contributed by atoms with van der Waals surface area (Å²) in [6.07, 6.45) is 0.596. The molecule has 0 aromatic heterocycles. The molecule has 4 nitrogen and oxygen atoms in total. The molecular formula is C13H16N2O2. The normalized spacial score (nSPS) is 11.5. The van der Waals surface area contributed by atoms with Crippen LogP contribution in [-0.4, -0.2) is 25.7 Å². The van der Waals surface area contributed by atoms with Crippen LogP contribution in [0.1, 0.15) is 12.0 Å². The van der Waals surface area contributed by atoms with Crippen molar-refractivity contribution < 1.29 is 9.53 Å². The monoisotopic (exact) mass is 232 g/mol. The SMILES string of the molecule is CNC(COC(=O)CC#N)Cc1ccccc1. The van der Waals surface area contributed by atoms with Crippen molar-refractivity contribution in [3.05, 3.63) is 35.9 Å². The van der Waals surface area contributed by atoms with Gasteiger partial charge in [-0.2, -0.15) is 5.26 Å². The lowest BCUT2D eigenvalue weighted by molar-refractivity contribution is -0.143. The zero-order valence-corrected chi connectivity index (χ0v) is 9.85. The molecule has 0 radical (unpaired) electrons. The number of nitriles is 1. The number of nitrogens with zero attached hydrogens (tertiary/aromatic N) is 1. The number of esters is 1. The first-order chi connectivity index (χ1) is 8.26. The largest absolute Gasteiger partial charge is 0.463 e. The van der Waals surface area contributed by atoms with Crippen molar-refractivity contribution in [3.8, 4) is 6.07 Å². The zero-order valence-electron chi connectivity index (χ0n) is 9.85. The number of ether oxygens (including phenoxy) is 1. The molecule has 0 aliphatic carbocycles. The van der Waals surface area contributed by atoms with Crippen LogP contribution in [0.2, 0.25) is 0 Å². The van der Waals surface area contributed by atoms with Crippen LogP contribution in [-0.2, 0) is 16.0 Å². The molecule has 0 amide bonds. The summed E-state index contributed by atoms with van der Waals surface area (Å²) in [5, 5.41) is 11.4. The number of carbonyl (C=O) groups excluding carboxylic acids is 1. The molecule has 1 aromatic rings. The standard InChI is InChI=1S/C13H16N2O2/c1-15-12(10-17-13(16)7-8-14)9-11-5-3-2-4-6-11/h2-6,12,15H,7,9-10H2,1H3. The van der Waals surface area contributed by atoms with Gasteiger partial charge in [-0.3, -0.25) is 4.79 Å². The van der Waals surface area contributed by atoms with Gasteiger partial charge in [-0.25, -0.2) is 0 Å². The second-order valence-electron chi connectivity index (χ2n) is 3.69. The van der Waals surface area contributed by atoms with Crippen LogP contribution in [0.25, 0.3) is 0 Å². The van der Waals surface area contributed by atoms with E-state index in [1.165, 1.54) is 5.56 Å². The molecule has 0 aliphatic rings. The molecule has 1 atom stereocenters. The smallest absolute Gasteiger partial charge is 0.320 e. The van der Waals surface area contributed by atoms with E-state index < -0.39 is 5.97 Å². The van der Waals surface area contributed by atoms with Crippen molar-refractivity contribution in [2.75, 3.05) is 13.7 Å². The first kappa shape index (κ1) is 13.2. The lowest BCUT2D eigenvalue weighted by Crippen LogP contribution is -2.33. The second-order valence-corrected chi connectivity index (χ2v) is 3.69. The molecule has 0 fully saturated rings. The number of hydrogen-bond acceptors (Lipinski definition) is 4. The molecule has 0 saturated carbocycles. The maximum Gasteiger partial charge on any atom is 0.320 e. The molecule has 4 heteroatoms. The molecule has 17 heavy (non-hydrogen) atoms. The summed E-state index contributed by atoms with van der Waals surface area (Å²) in [4.78, 5) is 11.0. The number of carbonyl (C=O) groups is 1. The fourth-order valence-corrected chi connectivity index (χ4v) is 1.45. The van der Waals surface area contributed by atoms with E-state index in [0.717, 1.165) is 6.42 Å². The maximum absolute atomic E-state index is 11.0. The van der Waals surface area contributed by atoms with Gasteiger partial charge in [-0.05, 0) is 19.0 Å². The average Bonchev–Trinajstić information content (AvgIpc) is 2.36. The topological polar surface area (TPSA) is 62.1 Å². The minimum Gasteiger partial charge on any atom is -0.463 e. The number of likely N-dealkylation sites (N-methyl/N-ethyl adjacent to an activating group) is 1. The van der Waals surface area contributed by atoms with Crippen LogP contribution in [0.4, 0.5) is 0 Å². The Morgan fingerprint density at radius 2 is 2.18 bits per heavy atom. The highest BCUT2D eigenvalue weighted by molar-refractivity contribution is 5.71. The van der Waals surface area contributed by atoms with E-state index >= 15 is 0 Å². The van der Waals surface area contributed by atoms with E-state index in [9.17, 15) is 4.79 Å². The molecule has 1 aromatic carbocycles. The third-order valence-electron chi connectivity index (χ3n) is 2.40. The van der Waals surface area contributed by atoms with Gasteiger partial charge in [0.25, 0.3) is 0 Å². The van der Waals surface area contributed by atoms with Gasteiger partial charge in [0.1, 0.15) is 13.0 Å². The summed E-state index contributed by atoms with van der Waals surface area (Å²) >= 11 is 0. The Bertz CT molecular complexity index is 384. The number of hydrogen-bond donors (Lipinski definition) is 1.